The predicted octanol–water partition coefficient (Wildman–Crippen LogP) is 3.71. The maximum absolute atomic E-state index is 12.3. The van der Waals surface area contributed by atoms with Gasteiger partial charge in [0.1, 0.15) is 0 Å². The summed E-state index contributed by atoms with van der Waals surface area (Å²) >= 11 is 0. The molecule has 0 saturated heterocycles. The van der Waals surface area contributed by atoms with Gasteiger partial charge in [-0.1, -0.05) is 32.3 Å². The zero-order valence-electron chi connectivity index (χ0n) is 15.6. The third kappa shape index (κ3) is 6.14. The first-order valence-electron chi connectivity index (χ1n) is 8.99. The van der Waals surface area contributed by atoms with E-state index < -0.39 is 20.9 Å². The number of nitro groups is 1. The summed E-state index contributed by atoms with van der Waals surface area (Å²) in [7, 11) is -3.60. The first-order chi connectivity index (χ1) is 13.3. The Balaban J connectivity index is 1.99. The van der Waals surface area contributed by atoms with E-state index in [4.69, 9.17) is 0 Å². The molecule has 150 valence electrons. The number of benzene rings is 2. The number of nitrogens with one attached hydrogen (secondary N) is 2. The second kappa shape index (κ2) is 9.95. The van der Waals surface area contributed by atoms with Crippen LogP contribution in [0.25, 0.3) is 0 Å². The highest BCUT2D eigenvalue weighted by Gasteiger charge is 2.15. The topological polar surface area (TPSA) is 118 Å². The summed E-state index contributed by atoms with van der Waals surface area (Å²) in [4.78, 5) is 22.6. The molecule has 0 unspecified atom stereocenters. The third-order valence-corrected chi connectivity index (χ3v) is 5.54. The SMILES string of the molecule is CCCCCCNS(=O)(=O)c1ccc(NC(=O)c2cccc([N+](=O)[O-])c2)cc1. The minimum Gasteiger partial charge on any atom is -0.322 e. The van der Waals surface area contributed by atoms with Crippen LogP contribution in [0.3, 0.4) is 0 Å². The molecule has 0 aliphatic carbocycles. The maximum atomic E-state index is 12.3. The van der Waals surface area contributed by atoms with Crippen LogP contribution in [-0.4, -0.2) is 25.8 Å². The lowest BCUT2D eigenvalue weighted by Gasteiger charge is -2.09. The smallest absolute Gasteiger partial charge is 0.270 e. The quantitative estimate of drug-likeness (QED) is 0.355. The van der Waals surface area contributed by atoms with Gasteiger partial charge in [0, 0.05) is 29.9 Å². The normalized spacial score (nSPS) is 11.2. The highest BCUT2D eigenvalue weighted by Crippen LogP contribution is 2.17. The van der Waals surface area contributed by atoms with Crippen LogP contribution in [0.1, 0.15) is 43.0 Å². The molecule has 0 heterocycles. The molecule has 0 spiro atoms. The molecule has 9 heteroatoms. The number of anilines is 1. The van der Waals surface area contributed by atoms with Crippen molar-refractivity contribution in [3.63, 3.8) is 0 Å². The van der Waals surface area contributed by atoms with E-state index in [-0.39, 0.29) is 16.1 Å². The van der Waals surface area contributed by atoms with Crippen molar-refractivity contribution in [1.29, 1.82) is 0 Å². The van der Waals surface area contributed by atoms with Crippen molar-refractivity contribution in [1.82, 2.24) is 4.72 Å². The Morgan fingerprint density at radius 1 is 1.07 bits per heavy atom. The standard InChI is InChI=1S/C19H23N3O5S/c1-2-3-4-5-13-20-28(26,27)18-11-9-16(10-12-18)21-19(23)15-7-6-8-17(14-15)22(24)25/h6-12,14,20H,2-5,13H2,1H3,(H,21,23). The van der Waals surface area contributed by atoms with Gasteiger partial charge in [-0.05, 0) is 36.8 Å². The van der Waals surface area contributed by atoms with Crippen molar-refractivity contribution in [2.24, 2.45) is 0 Å². The molecule has 1 amide bonds. The van der Waals surface area contributed by atoms with Crippen LogP contribution < -0.4 is 10.0 Å². The molecule has 8 nitrogen and oxygen atoms in total. The van der Waals surface area contributed by atoms with Gasteiger partial charge in [0.05, 0.1) is 9.82 Å². The van der Waals surface area contributed by atoms with Crippen LogP contribution in [0, 0.1) is 10.1 Å². The molecule has 28 heavy (non-hydrogen) atoms. The third-order valence-electron chi connectivity index (χ3n) is 4.06. The summed E-state index contributed by atoms with van der Waals surface area (Å²) in [6, 6.07) is 11.1. The monoisotopic (exact) mass is 405 g/mol. The first-order valence-corrected chi connectivity index (χ1v) is 10.5. The van der Waals surface area contributed by atoms with Crippen molar-refractivity contribution in [3.8, 4) is 0 Å². The molecular formula is C19H23N3O5S. The molecule has 0 fully saturated rings. The summed E-state index contributed by atoms with van der Waals surface area (Å²) < 4.78 is 27.1. The lowest BCUT2D eigenvalue weighted by atomic mass is 10.2. The number of nitro benzene ring substituents is 1. The Bertz CT molecular complexity index is 927. The first kappa shape index (κ1) is 21.5. The highest BCUT2D eigenvalue weighted by atomic mass is 32.2. The fraction of sp³-hybridized carbons (Fsp3) is 0.316. The van der Waals surface area contributed by atoms with Crippen molar-refractivity contribution in [2.45, 2.75) is 37.5 Å². The molecule has 2 aromatic carbocycles. The fourth-order valence-corrected chi connectivity index (χ4v) is 3.60. The van der Waals surface area contributed by atoms with Crippen LogP contribution in [0.15, 0.2) is 53.4 Å². The molecular weight excluding hydrogens is 382 g/mol. The number of rotatable bonds is 10. The van der Waals surface area contributed by atoms with E-state index in [1.807, 2.05) is 0 Å². The summed E-state index contributed by atoms with van der Waals surface area (Å²) in [6.45, 7) is 2.47. The summed E-state index contributed by atoms with van der Waals surface area (Å²) in [5.74, 6) is -0.520. The Hall–Kier alpha value is -2.78. The van der Waals surface area contributed by atoms with Crippen LogP contribution in [0.4, 0.5) is 11.4 Å². The zero-order valence-corrected chi connectivity index (χ0v) is 16.4. The van der Waals surface area contributed by atoms with E-state index in [0.717, 1.165) is 25.7 Å². The Morgan fingerprint density at radius 3 is 2.43 bits per heavy atom. The van der Waals surface area contributed by atoms with Crippen LogP contribution in [0.2, 0.25) is 0 Å². The molecule has 2 N–H and O–H groups in total. The summed E-state index contributed by atoms with van der Waals surface area (Å²) in [5, 5.41) is 13.4. The van der Waals surface area contributed by atoms with Gasteiger partial charge in [0.25, 0.3) is 11.6 Å². The maximum Gasteiger partial charge on any atom is 0.270 e. The highest BCUT2D eigenvalue weighted by molar-refractivity contribution is 7.89. The Labute approximate surface area is 164 Å². The van der Waals surface area contributed by atoms with Crippen LogP contribution >= 0.6 is 0 Å². The predicted molar refractivity (Wildman–Crippen MR) is 107 cm³/mol. The zero-order chi connectivity index (χ0) is 20.6. The van der Waals surface area contributed by atoms with E-state index in [1.54, 1.807) is 0 Å². The molecule has 2 rings (SSSR count). The number of carbonyl (C=O) groups is 1. The minimum atomic E-state index is -3.60. The molecule has 0 aliphatic heterocycles. The van der Waals surface area contributed by atoms with Crippen molar-refractivity contribution >= 4 is 27.3 Å². The number of amides is 1. The minimum absolute atomic E-state index is 0.108. The largest absolute Gasteiger partial charge is 0.322 e. The number of nitrogens with zero attached hydrogens (tertiary/aromatic N) is 1. The van der Waals surface area contributed by atoms with Gasteiger partial charge in [0.15, 0.2) is 0 Å². The molecule has 0 bridgehead atoms. The number of unbranched alkanes of at least 4 members (excludes halogenated alkanes) is 3. The number of hydrogen-bond donors (Lipinski definition) is 2. The van der Waals surface area contributed by atoms with Gasteiger partial charge < -0.3 is 5.32 Å². The van der Waals surface area contributed by atoms with Gasteiger partial charge in [-0.2, -0.15) is 0 Å². The van der Waals surface area contributed by atoms with Gasteiger partial charge in [-0.15, -0.1) is 0 Å². The number of sulfonamides is 1. The summed E-state index contributed by atoms with van der Waals surface area (Å²) in [5.41, 5.74) is 0.345. The lowest BCUT2D eigenvalue weighted by molar-refractivity contribution is -0.384. The number of non-ortho nitro benzene ring substituents is 1. The Kier molecular flexibility index (Phi) is 7.65. The van der Waals surface area contributed by atoms with E-state index in [0.29, 0.717) is 12.2 Å². The Morgan fingerprint density at radius 2 is 1.79 bits per heavy atom. The number of carbonyl (C=O) groups excluding carboxylic acids is 1. The van der Waals surface area contributed by atoms with Crippen molar-refractivity contribution in [3.05, 3.63) is 64.2 Å². The molecule has 0 radical (unpaired) electrons. The van der Waals surface area contributed by atoms with E-state index >= 15 is 0 Å². The van der Waals surface area contributed by atoms with E-state index in [1.165, 1.54) is 48.5 Å². The molecule has 2 aromatic rings. The summed E-state index contributed by atoms with van der Waals surface area (Å²) in [6.07, 6.45) is 3.91. The molecule has 0 saturated carbocycles. The van der Waals surface area contributed by atoms with E-state index in [2.05, 4.69) is 17.0 Å². The van der Waals surface area contributed by atoms with E-state index in [9.17, 15) is 23.3 Å². The van der Waals surface area contributed by atoms with Gasteiger partial charge in [-0.25, -0.2) is 13.1 Å². The molecule has 0 aliphatic rings. The lowest BCUT2D eigenvalue weighted by Crippen LogP contribution is -2.24. The van der Waals surface area contributed by atoms with Gasteiger partial charge >= 0.3 is 0 Å². The second-order valence-electron chi connectivity index (χ2n) is 6.24. The number of hydrogen-bond acceptors (Lipinski definition) is 5. The average Bonchev–Trinajstić information content (AvgIpc) is 2.68. The van der Waals surface area contributed by atoms with Crippen LogP contribution in [-0.2, 0) is 10.0 Å². The van der Waals surface area contributed by atoms with Crippen LogP contribution in [0.5, 0.6) is 0 Å². The molecule has 0 aromatic heterocycles. The van der Waals surface area contributed by atoms with Gasteiger partial charge in [0.2, 0.25) is 10.0 Å². The van der Waals surface area contributed by atoms with Crippen molar-refractivity contribution < 1.29 is 18.1 Å². The molecule has 0 atom stereocenters. The van der Waals surface area contributed by atoms with Gasteiger partial charge in [-0.3, -0.25) is 14.9 Å². The average molecular weight is 405 g/mol. The van der Waals surface area contributed by atoms with Crippen molar-refractivity contribution in [2.75, 3.05) is 11.9 Å². The fourth-order valence-electron chi connectivity index (χ4n) is 2.52. The second-order valence-corrected chi connectivity index (χ2v) is 8.01.